The Balaban J connectivity index is 3.65. The molecule has 18 heavy (non-hydrogen) atoms. The molecule has 0 fully saturated rings. The van der Waals surface area contributed by atoms with Gasteiger partial charge in [0.2, 0.25) is 5.75 Å². The zero-order valence-corrected chi connectivity index (χ0v) is 10.7. The van der Waals surface area contributed by atoms with Crippen LogP contribution < -0.4 is 10.5 Å². The number of ether oxygens (including phenoxy) is 1. The number of nitrogens with zero attached hydrogens (tertiary/aromatic N) is 1. The minimum absolute atomic E-state index is 0.0525. The number of carbonyl (C=O) groups is 1. The molecule has 0 heterocycles. The maximum absolute atomic E-state index is 10.9. The molecule has 1 aromatic rings. The number of hydrogen-bond acceptors (Lipinski definition) is 6. The molecule has 1 rings (SSSR count). The average Bonchev–Trinajstić information content (AvgIpc) is 2.30. The second-order valence-electron chi connectivity index (χ2n) is 3.25. The van der Waals surface area contributed by atoms with Crippen LogP contribution in [0.15, 0.2) is 10.5 Å². The molecule has 0 saturated carbocycles. The third-order valence-electron chi connectivity index (χ3n) is 2.20. The number of aliphatic carboxylic acids is 1. The molecule has 8 nitrogen and oxygen atoms in total. The molecule has 0 amide bonds. The predicted molar refractivity (Wildman–Crippen MR) is 63.6 cm³/mol. The molecule has 0 saturated heterocycles. The van der Waals surface area contributed by atoms with Gasteiger partial charge in [0.25, 0.3) is 0 Å². The fraction of sp³-hybridized carbons (Fsp3) is 0.222. The van der Waals surface area contributed by atoms with Gasteiger partial charge in [0.1, 0.15) is 6.04 Å². The molecule has 0 aliphatic heterocycles. The maximum atomic E-state index is 10.9. The lowest BCUT2D eigenvalue weighted by molar-refractivity contribution is -0.386. The number of benzene rings is 1. The summed E-state index contributed by atoms with van der Waals surface area (Å²) in [4.78, 5) is 20.9. The lowest BCUT2D eigenvalue weighted by Crippen LogP contribution is -2.22. The summed E-state index contributed by atoms with van der Waals surface area (Å²) in [7, 11) is 1.12. The number of carboxylic acid groups (broad SMARTS) is 1. The molecule has 4 N–H and O–H groups in total. The fourth-order valence-electron chi connectivity index (χ4n) is 1.38. The van der Waals surface area contributed by atoms with Crippen LogP contribution in [0.3, 0.4) is 0 Å². The number of nitro groups is 1. The van der Waals surface area contributed by atoms with Crippen LogP contribution in [0.25, 0.3) is 0 Å². The summed E-state index contributed by atoms with van der Waals surface area (Å²) in [5.74, 6) is -2.37. The number of phenols is 1. The molecular formula is C9H9BrN2O6. The Labute approximate surface area is 109 Å². The standard InChI is InChI=1S/C9H9BrN2O6/c1-18-8-6(12(16)17)3(5(11)9(14)15)2-4(10)7(8)13/h2,5,13H,11H2,1H3,(H,14,15)/t5-/m0/s1. The van der Waals surface area contributed by atoms with E-state index in [0.717, 1.165) is 13.2 Å². The van der Waals surface area contributed by atoms with Crippen LogP contribution in [0.1, 0.15) is 11.6 Å². The molecule has 1 aromatic carbocycles. The van der Waals surface area contributed by atoms with Gasteiger partial charge in [0.15, 0.2) is 5.75 Å². The van der Waals surface area contributed by atoms with Gasteiger partial charge in [-0.2, -0.15) is 0 Å². The van der Waals surface area contributed by atoms with Crippen LogP contribution in [0.2, 0.25) is 0 Å². The van der Waals surface area contributed by atoms with E-state index in [4.69, 9.17) is 15.6 Å². The van der Waals surface area contributed by atoms with Crippen LogP contribution in [-0.2, 0) is 4.79 Å². The summed E-state index contributed by atoms with van der Waals surface area (Å²) in [5.41, 5.74) is 4.41. The number of hydrogen-bond donors (Lipinski definition) is 3. The first-order chi connectivity index (χ1) is 8.31. The largest absolute Gasteiger partial charge is 0.503 e. The van der Waals surface area contributed by atoms with E-state index < -0.39 is 34.1 Å². The van der Waals surface area contributed by atoms with Crippen molar-refractivity contribution >= 4 is 27.6 Å². The number of nitro benzene ring substituents is 1. The van der Waals surface area contributed by atoms with Crippen molar-refractivity contribution in [3.63, 3.8) is 0 Å². The van der Waals surface area contributed by atoms with Gasteiger partial charge in [-0.3, -0.25) is 14.9 Å². The van der Waals surface area contributed by atoms with Crippen LogP contribution in [0.5, 0.6) is 11.5 Å². The molecule has 0 spiro atoms. The Morgan fingerprint density at radius 1 is 1.67 bits per heavy atom. The highest BCUT2D eigenvalue weighted by Gasteiger charge is 2.32. The summed E-state index contributed by atoms with van der Waals surface area (Å²) >= 11 is 2.94. The van der Waals surface area contributed by atoms with Gasteiger partial charge in [0.05, 0.1) is 22.1 Å². The first kappa shape index (κ1) is 14.2. The lowest BCUT2D eigenvalue weighted by atomic mass is 10.0. The molecule has 98 valence electrons. The first-order valence-electron chi connectivity index (χ1n) is 4.53. The maximum Gasteiger partial charge on any atom is 0.325 e. The van der Waals surface area contributed by atoms with Gasteiger partial charge in [-0.05, 0) is 22.0 Å². The van der Waals surface area contributed by atoms with Crippen LogP contribution in [-0.4, -0.2) is 28.2 Å². The quantitative estimate of drug-likeness (QED) is 0.559. The summed E-state index contributed by atoms with van der Waals surface area (Å²) < 4.78 is 4.77. The van der Waals surface area contributed by atoms with Gasteiger partial charge in [-0.25, -0.2) is 0 Å². The van der Waals surface area contributed by atoms with Crippen molar-refractivity contribution in [1.82, 2.24) is 0 Å². The molecule has 0 aliphatic rings. The normalized spacial score (nSPS) is 11.9. The van der Waals surface area contributed by atoms with Gasteiger partial charge >= 0.3 is 11.7 Å². The molecule has 0 unspecified atom stereocenters. The van der Waals surface area contributed by atoms with E-state index in [-0.39, 0.29) is 10.0 Å². The highest BCUT2D eigenvalue weighted by Crippen LogP contribution is 2.45. The van der Waals surface area contributed by atoms with Gasteiger partial charge < -0.3 is 20.7 Å². The van der Waals surface area contributed by atoms with E-state index in [1.54, 1.807) is 0 Å². The number of carboxylic acids is 1. The number of methoxy groups -OCH3 is 1. The molecule has 1 atom stereocenters. The Bertz CT molecular complexity index is 518. The third-order valence-corrected chi connectivity index (χ3v) is 2.80. The first-order valence-corrected chi connectivity index (χ1v) is 5.32. The highest BCUT2D eigenvalue weighted by atomic mass is 79.9. The predicted octanol–water partition coefficient (Wildman–Crippen LogP) is 1.16. The van der Waals surface area contributed by atoms with E-state index in [2.05, 4.69) is 15.9 Å². The van der Waals surface area contributed by atoms with Crippen molar-refractivity contribution in [3.8, 4) is 11.5 Å². The van der Waals surface area contributed by atoms with E-state index in [9.17, 15) is 20.0 Å². The molecule has 0 aliphatic carbocycles. The topological polar surface area (TPSA) is 136 Å². The van der Waals surface area contributed by atoms with Crippen molar-refractivity contribution in [2.75, 3.05) is 7.11 Å². The summed E-state index contributed by atoms with van der Waals surface area (Å²) in [5, 5.41) is 29.3. The molecule has 0 bridgehead atoms. The van der Waals surface area contributed by atoms with Gasteiger partial charge in [-0.15, -0.1) is 0 Å². The summed E-state index contributed by atoms with van der Waals surface area (Å²) in [6, 6.07) is -0.523. The third kappa shape index (κ3) is 2.36. The number of nitrogens with two attached hydrogens (primary N) is 1. The SMILES string of the molecule is COc1c(O)c(Br)cc([C@H](N)C(=O)O)c1[N+](=O)[O-]. The number of aromatic hydroxyl groups is 1. The second-order valence-corrected chi connectivity index (χ2v) is 4.11. The Morgan fingerprint density at radius 3 is 2.61 bits per heavy atom. The highest BCUT2D eigenvalue weighted by molar-refractivity contribution is 9.10. The number of halogens is 1. The summed E-state index contributed by atoms with van der Waals surface area (Å²) in [6.45, 7) is 0. The zero-order valence-electron chi connectivity index (χ0n) is 9.08. The molecule has 9 heteroatoms. The Hall–Kier alpha value is -1.87. The average molecular weight is 321 g/mol. The van der Waals surface area contributed by atoms with Crippen molar-refractivity contribution in [3.05, 3.63) is 26.2 Å². The Morgan fingerprint density at radius 2 is 2.22 bits per heavy atom. The molecule has 0 radical (unpaired) electrons. The van der Waals surface area contributed by atoms with E-state index in [1.165, 1.54) is 0 Å². The van der Waals surface area contributed by atoms with Crippen LogP contribution >= 0.6 is 15.9 Å². The number of phenolic OH excluding ortho intramolecular Hbond substituents is 1. The van der Waals surface area contributed by atoms with E-state index in [1.807, 2.05) is 0 Å². The van der Waals surface area contributed by atoms with Gasteiger partial charge in [-0.1, -0.05) is 0 Å². The zero-order chi connectivity index (χ0) is 14.0. The minimum Gasteiger partial charge on any atom is -0.503 e. The van der Waals surface area contributed by atoms with Crippen molar-refractivity contribution < 1.29 is 24.7 Å². The Kier molecular flexibility index (Phi) is 4.09. The lowest BCUT2D eigenvalue weighted by Gasteiger charge is -2.12. The van der Waals surface area contributed by atoms with Crippen molar-refractivity contribution in [1.29, 1.82) is 0 Å². The number of rotatable bonds is 4. The monoisotopic (exact) mass is 320 g/mol. The van der Waals surface area contributed by atoms with E-state index >= 15 is 0 Å². The molecule has 0 aromatic heterocycles. The molecular weight excluding hydrogens is 312 g/mol. The van der Waals surface area contributed by atoms with Crippen LogP contribution in [0, 0.1) is 10.1 Å². The smallest absolute Gasteiger partial charge is 0.325 e. The summed E-state index contributed by atoms with van der Waals surface area (Å²) in [6.07, 6.45) is 0. The second kappa shape index (κ2) is 5.19. The van der Waals surface area contributed by atoms with Crippen LogP contribution in [0.4, 0.5) is 5.69 Å². The van der Waals surface area contributed by atoms with Crippen molar-refractivity contribution in [2.24, 2.45) is 5.73 Å². The van der Waals surface area contributed by atoms with E-state index in [0.29, 0.717) is 0 Å². The van der Waals surface area contributed by atoms with Gasteiger partial charge in [0, 0.05) is 0 Å². The van der Waals surface area contributed by atoms with Crippen molar-refractivity contribution in [2.45, 2.75) is 6.04 Å². The fourth-order valence-corrected chi connectivity index (χ4v) is 1.80. The minimum atomic E-state index is -1.60.